The molecule has 1 N–H and O–H groups in total. The Bertz CT molecular complexity index is 292. The van der Waals surface area contributed by atoms with Crippen molar-refractivity contribution in [1.82, 2.24) is 0 Å². The van der Waals surface area contributed by atoms with Gasteiger partial charge in [-0.2, -0.15) is 5.26 Å². The van der Waals surface area contributed by atoms with Crippen LogP contribution in [0.3, 0.4) is 0 Å². The fraction of sp³-hybridized carbons (Fsp3) is 0.833. The lowest BCUT2D eigenvalue weighted by molar-refractivity contribution is -0.159. The molecule has 0 heterocycles. The molecule has 3 aliphatic carbocycles. The molecule has 0 aromatic rings. The molecule has 3 rings (SSSR count). The van der Waals surface area contributed by atoms with Crippen LogP contribution in [0.1, 0.15) is 51.4 Å². The first kappa shape index (κ1) is 10.5. The van der Waals surface area contributed by atoms with Crippen LogP contribution >= 0.6 is 0 Å². The number of nitriles is 1. The summed E-state index contributed by atoms with van der Waals surface area (Å²) in [4.78, 5) is 11.2. The highest BCUT2D eigenvalue weighted by atomic mass is 16.4. The highest BCUT2D eigenvalue weighted by Gasteiger charge is 2.52. The van der Waals surface area contributed by atoms with Gasteiger partial charge in [-0.25, -0.2) is 0 Å². The molecule has 3 heteroatoms. The zero-order valence-electron chi connectivity index (χ0n) is 8.96. The van der Waals surface area contributed by atoms with E-state index in [0.29, 0.717) is 11.8 Å². The summed E-state index contributed by atoms with van der Waals surface area (Å²) in [5, 5.41) is 17.8. The Labute approximate surface area is 90.1 Å². The van der Waals surface area contributed by atoms with Crippen molar-refractivity contribution in [1.29, 1.82) is 5.26 Å². The standard InChI is InChI=1S/C12H17NO2/c13-9-1-2-11-3-6-12(7-4-11,8-5-11)10(14)15/h1-8H2,(H,14,15). The largest absolute Gasteiger partial charge is 0.481 e. The molecule has 3 nitrogen and oxygen atoms in total. The summed E-state index contributed by atoms with van der Waals surface area (Å²) in [7, 11) is 0. The van der Waals surface area contributed by atoms with Crippen molar-refractivity contribution in [2.75, 3.05) is 0 Å². The van der Waals surface area contributed by atoms with E-state index in [4.69, 9.17) is 5.26 Å². The minimum atomic E-state index is -0.601. The van der Waals surface area contributed by atoms with E-state index in [1.165, 1.54) is 0 Å². The second-order valence-electron chi connectivity index (χ2n) is 5.24. The van der Waals surface area contributed by atoms with Gasteiger partial charge in [0, 0.05) is 6.42 Å². The lowest BCUT2D eigenvalue weighted by Gasteiger charge is -2.51. The predicted octanol–water partition coefficient (Wildman–Crippen LogP) is 2.72. The Balaban J connectivity index is 2.04. The van der Waals surface area contributed by atoms with Crippen molar-refractivity contribution in [2.24, 2.45) is 10.8 Å². The molecule has 0 atom stereocenters. The third-order valence-corrected chi connectivity index (χ3v) is 4.62. The summed E-state index contributed by atoms with van der Waals surface area (Å²) >= 11 is 0. The Morgan fingerprint density at radius 1 is 1.20 bits per heavy atom. The number of carbonyl (C=O) groups is 1. The van der Waals surface area contributed by atoms with E-state index < -0.39 is 11.4 Å². The molecular weight excluding hydrogens is 190 g/mol. The average Bonchev–Trinajstić information content (AvgIpc) is 2.29. The molecule has 3 aliphatic rings. The summed E-state index contributed by atoms with van der Waals surface area (Å²) in [6.07, 6.45) is 7.12. The van der Waals surface area contributed by atoms with Crippen LogP contribution in [0.15, 0.2) is 0 Å². The van der Waals surface area contributed by atoms with Gasteiger partial charge < -0.3 is 5.11 Å². The monoisotopic (exact) mass is 207 g/mol. The van der Waals surface area contributed by atoms with Crippen molar-refractivity contribution < 1.29 is 9.90 Å². The second-order valence-corrected chi connectivity index (χ2v) is 5.24. The van der Waals surface area contributed by atoms with Gasteiger partial charge in [0.05, 0.1) is 11.5 Å². The highest BCUT2D eigenvalue weighted by molar-refractivity contribution is 5.75. The SMILES string of the molecule is N#CCCC12CCC(C(=O)O)(CC1)CC2. The quantitative estimate of drug-likeness (QED) is 0.774. The van der Waals surface area contributed by atoms with Crippen molar-refractivity contribution in [3.05, 3.63) is 0 Å². The second kappa shape index (κ2) is 3.52. The number of rotatable bonds is 3. The van der Waals surface area contributed by atoms with Crippen LogP contribution in [-0.4, -0.2) is 11.1 Å². The smallest absolute Gasteiger partial charge is 0.309 e. The molecule has 0 amide bonds. The zero-order valence-corrected chi connectivity index (χ0v) is 8.96. The highest BCUT2D eigenvalue weighted by Crippen LogP contribution is 2.58. The van der Waals surface area contributed by atoms with Gasteiger partial charge in [0.15, 0.2) is 0 Å². The molecule has 15 heavy (non-hydrogen) atoms. The van der Waals surface area contributed by atoms with Crippen LogP contribution in [0.4, 0.5) is 0 Å². The molecule has 0 aromatic carbocycles. The van der Waals surface area contributed by atoms with E-state index in [-0.39, 0.29) is 0 Å². The number of carboxylic acids is 1. The summed E-state index contributed by atoms with van der Waals surface area (Å²) in [5.74, 6) is -0.601. The maximum absolute atomic E-state index is 11.2. The van der Waals surface area contributed by atoms with E-state index in [9.17, 15) is 9.90 Å². The summed E-state index contributed by atoms with van der Waals surface area (Å²) in [6, 6.07) is 2.21. The fourth-order valence-corrected chi connectivity index (χ4v) is 3.28. The van der Waals surface area contributed by atoms with Crippen LogP contribution < -0.4 is 0 Å². The summed E-state index contributed by atoms with van der Waals surface area (Å²) in [6.45, 7) is 0. The van der Waals surface area contributed by atoms with Crippen molar-refractivity contribution in [2.45, 2.75) is 51.4 Å². The van der Waals surface area contributed by atoms with E-state index in [2.05, 4.69) is 6.07 Å². The molecule has 0 saturated heterocycles. The maximum atomic E-state index is 11.2. The summed E-state index contributed by atoms with van der Waals surface area (Å²) < 4.78 is 0. The van der Waals surface area contributed by atoms with Gasteiger partial charge in [0.1, 0.15) is 0 Å². The van der Waals surface area contributed by atoms with Gasteiger partial charge in [0.2, 0.25) is 0 Å². The van der Waals surface area contributed by atoms with Gasteiger partial charge in [-0.3, -0.25) is 4.79 Å². The Kier molecular flexibility index (Phi) is 2.46. The van der Waals surface area contributed by atoms with E-state index >= 15 is 0 Å². The number of nitrogens with zero attached hydrogens (tertiary/aromatic N) is 1. The number of aliphatic carboxylic acids is 1. The molecule has 3 fully saturated rings. The van der Waals surface area contributed by atoms with Gasteiger partial charge >= 0.3 is 5.97 Å². The molecular formula is C12H17NO2. The number of hydrogen-bond donors (Lipinski definition) is 1. The van der Waals surface area contributed by atoms with Gasteiger partial charge in [-0.05, 0) is 50.4 Å². The van der Waals surface area contributed by atoms with Crippen LogP contribution in [0.2, 0.25) is 0 Å². The van der Waals surface area contributed by atoms with E-state index in [0.717, 1.165) is 44.9 Å². The summed E-state index contributed by atoms with van der Waals surface area (Å²) in [5.41, 5.74) is -0.0959. The van der Waals surface area contributed by atoms with Crippen LogP contribution in [-0.2, 0) is 4.79 Å². The molecule has 3 saturated carbocycles. The van der Waals surface area contributed by atoms with Crippen LogP contribution in [0, 0.1) is 22.2 Å². The number of fused-ring (bicyclic) bond motifs is 3. The number of carboxylic acid groups (broad SMARTS) is 1. The molecule has 0 aromatic heterocycles. The van der Waals surface area contributed by atoms with Crippen molar-refractivity contribution >= 4 is 5.97 Å². The topological polar surface area (TPSA) is 61.1 Å². The molecule has 0 unspecified atom stereocenters. The number of hydrogen-bond acceptors (Lipinski definition) is 2. The lowest BCUT2D eigenvalue weighted by Crippen LogP contribution is -2.45. The van der Waals surface area contributed by atoms with Crippen LogP contribution in [0.5, 0.6) is 0 Å². The van der Waals surface area contributed by atoms with Gasteiger partial charge in [-0.1, -0.05) is 0 Å². The van der Waals surface area contributed by atoms with Gasteiger partial charge in [-0.15, -0.1) is 0 Å². The minimum absolute atomic E-state index is 0.312. The molecule has 0 aliphatic heterocycles. The Hall–Kier alpha value is -1.04. The van der Waals surface area contributed by atoms with E-state index in [1.54, 1.807) is 0 Å². The average molecular weight is 207 g/mol. The molecule has 0 spiro atoms. The molecule has 0 radical (unpaired) electrons. The van der Waals surface area contributed by atoms with Gasteiger partial charge in [0.25, 0.3) is 0 Å². The van der Waals surface area contributed by atoms with Crippen molar-refractivity contribution in [3.8, 4) is 6.07 Å². The third-order valence-electron chi connectivity index (χ3n) is 4.62. The zero-order chi connectivity index (χ0) is 10.9. The third kappa shape index (κ3) is 1.62. The Morgan fingerprint density at radius 3 is 2.13 bits per heavy atom. The first-order valence-corrected chi connectivity index (χ1v) is 5.73. The first-order chi connectivity index (χ1) is 7.13. The molecule has 2 bridgehead atoms. The lowest BCUT2D eigenvalue weighted by atomic mass is 9.52. The fourth-order valence-electron chi connectivity index (χ4n) is 3.28. The van der Waals surface area contributed by atoms with Crippen molar-refractivity contribution in [3.63, 3.8) is 0 Å². The maximum Gasteiger partial charge on any atom is 0.309 e. The predicted molar refractivity (Wildman–Crippen MR) is 55.1 cm³/mol. The first-order valence-electron chi connectivity index (χ1n) is 5.73. The Morgan fingerprint density at radius 2 is 1.73 bits per heavy atom. The van der Waals surface area contributed by atoms with E-state index in [1.807, 2.05) is 0 Å². The molecule has 82 valence electrons. The normalized spacial score (nSPS) is 38.6. The minimum Gasteiger partial charge on any atom is -0.481 e. The van der Waals surface area contributed by atoms with Crippen LogP contribution in [0.25, 0.3) is 0 Å².